The van der Waals surface area contributed by atoms with Gasteiger partial charge >= 0.3 is 0 Å². The molecule has 2 aromatic rings. The number of carbonyl (C=O) groups is 3. The second-order valence-corrected chi connectivity index (χ2v) is 9.71. The minimum Gasteiger partial charge on any atom is -0.339 e. The lowest BCUT2D eigenvalue weighted by atomic mass is 10.2. The zero-order chi connectivity index (χ0) is 24.0. The Kier molecular flexibility index (Phi) is 7.80. The molecule has 33 heavy (non-hydrogen) atoms. The number of sulfone groups is 1. The average Bonchev–Trinajstić information content (AvgIpc) is 2.83. The van der Waals surface area contributed by atoms with Gasteiger partial charge in [-0.3, -0.25) is 14.4 Å². The summed E-state index contributed by atoms with van der Waals surface area (Å²) < 4.78 is 39.8. The number of benzene rings is 2. The van der Waals surface area contributed by atoms with Gasteiger partial charge in [-0.05, 0) is 42.8 Å². The van der Waals surface area contributed by atoms with Gasteiger partial charge < -0.3 is 15.1 Å². The van der Waals surface area contributed by atoms with Gasteiger partial charge in [0.1, 0.15) is 5.82 Å². The summed E-state index contributed by atoms with van der Waals surface area (Å²) in [6.45, 7) is 2.78. The molecule has 0 spiro atoms. The molecule has 3 rings (SSSR count). The lowest BCUT2D eigenvalue weighted by molar-refractivity contribution is -0.139. The van der Waals surface area contributed by atoms with Crippen LogP contribution >= 0.6 is 0 Å². The maximum Gasteiger partial charge on any atom is 0.261 e. The molecule has 2 aromatic carbocycles. The van der Waals surface area contributed by atoms with Gasteiger partial charge in [-0.25, -0.2) is 12.8 Å². The highest BCUT2D eigenvalue weighted by Gasteiger charge is 2.39. The molecule has 1 unspecified atom stereocenters. The van der Waals surface area contributed by atoms with Gasteiger partial charge in [0.15, 0.2) is 0 Å². The maximum atomic E-state index is 13.3. The molecule has 3 amide bonds. The number of piperazine rings is 1. The summed E-state index contributed by atoms with van der Waals surface area (Å²) in [4.78, 5) is 41.0. The van der Waals surface area contributed by atoms with E-state index >= 15 is 0 Å². The Hall–Kier alpha value is -3.27. The predicted octanol–water partition coefficient (Wildman–Crippen LogP) is 1.83. The summed E-state index contributed by atoms with van der Waals surface area (Å²) in [7, 11) is -4.28. The molecule has 0 radical (unpaired) electrons. The molecule has 1 aliphatic heterocycles. The summed E-state index contributed by atoms with van der Waals surface area (Å²) in [6.07, 6.45) is 1.12. The van der Waals surface area contributed by atoms with Crippen molar-refractivity contribution in [1.82, 2.24) is 15.1 Å². The van der Waals surface area contributed by atoms with Gasteiger partial charge in [0, 0.05) is 38.2 Å². The molecule has 10 heteroatoms. The van der Waals surface area contributed by atoms with E-state index in [4.69, 9.17) is 0 Å². The fraction of sp³-hybridized carbons (Fsp3) is 0.348. The largest absolute Gasteiger partial charge is 0.339 e. The Morgan fingerprint density at radius 3 is 2.09 bits per heavy atom. The van der Waals surface area contributed by atoms with Crippen molar-refractivity contribution in [2.75, 3.05) is 26.2 Å². The van der Waals surface area contributed by atoms with E-state index in [1.165, 1.54) is 41.3 Å². The number of hydrogen-bond acceptors (Lipinski definition) is 5. The van der Waals surface area contributed by atoms with Crippen molar-refractivity contribution in [3.63, 3.8) is 0 Å². The van der Waals surface area contributed by atoms with Gasteiger partial charge in [0.25, 0.3) is 11.8 Å². The standard InChI is InChI=1S/C23H26FN3O5S/c1-2-6-20(28)26-13-15-27(16-14-26)23(30)22(33(31,32)19-7-4-3-5-8-19)25-21(29)17-9-11-18(24)12-10-17/h3-5,7-12,22H,2,6,13-16H2,1H3,(H,25,29). The number of rotatable bonds is 7. The van der Waals surface area contributed by atoms with Crippen LogP contribution in [-0.2, 0) is 19.4 Å². The molecule has 0 aromatic heterocycles. The Morgan fingerprint density at radius 1 is 0.939 bits per heavy atom. The van der Waals surface area contributed by atoms with E-state index in [0.717, 1.165) is 12.1 Å². The maximum absolute atomic E-state index is 13.3. The number of halogens is 1. The third kappa shape index (κ3) is 5.75. The first-order valence-corrected chi connectivity index (χ1v) is 12.2. The number of carbonyl (C=O) groups excluding carboxylic acids is 3. The van der Waals surface area contributed by atoms with E-state index in [1.54, 1.807) is 11.0 Å². The van der Waals surface area contributed by atoms with E-state index in [9.17, 15) is 27.2 Å². The van der Waals surface area contributed by atoms with Crippen LogP contribution in [0.2, 0.25) is 0 Å². The summed E-state index contributed by atoms with van der Waals surface area (Å²) >= 11 is 0. The van der Waals surface area contributed by atoms with Crippen molar-refractivity contribution < 1.29 is 27.2 Å². The van der Waals surface area contributed by atoms with Crippen LogP contribution in [0.25, 0.3) is 0 Å². The number of nitrogens with zero attached hydrogens (tertiary/aromatic N) is 2. The normalized spacial score (nSPS) is 15.1. The minimum absolute atomic E-state index is 0.0114. The molecule has 1 heterocycles. The fourth-order valence-corrected chi connectivity index (χ4v) is 5.02. The molecule has 176 valence electrons. The van der Waals surface area contributed by atoms with E-state index < -0.39 is 32.8 Å². The summed E-state index contributed by atoms with van der Waals surface area (Å²) in [5.41, 5.74) is 0.0208. The fourth-order valence-electron chi connectivity index (χ4n) is 3.54. The Labute approximate surface area is 192 Å². The van der Waals surface area contributed by atoms with Crippen LogP contribution in [-0.4, -0.2) is 67.5 Å². The Balaban J connectivity index is 1.84. The van der Waals surface area contributed by atoms with E-state index in [0.29, 0.717) is 12.8 Å². The zero-order valence-electron chi connectivity index (χ0n) is 18.2. The van der Waals surface area contributed by atoms with Crippen LogP contribution in [0, 0.1) is 5.82 Å². The third-order valence-electron chi connectivity index (χ3n) is 5.38. The van der Waals surface area contributed by atoms with E-state index in [-0.39, 0.29) is 42.5 Å². The quantitative estimate of drug-likeness (QED) is 0.658. The van der Waals surface area contributed by atoms with Gasteiger partial charge in [-0.2, -0.15) is 0 Å². The molecule has 1 atom stereocenters. The molecule has 0 aliphatic carbocycles. The van der Waals surface area contributed by atoms with Crippen molar-refractivity contribution in [2.45, 2.75) is 30.0 Å². The number of amides is 3. The number of hydrogen-bond donors (Lipinski definition) is 1. The highest BCUT2D eigenvalue weighted by molar-refractivity contribution is 7.92. The SMILES string of the molecule is CCCC(=O)N1CCN(C(=O)C(NC(=O)c2ccc(F)cc2)S(=O)(=O)c2ccccc2)CC1. The van der Waals surface area contributed by atoms with Gasteiger partial charge in [0.05, 0.1) is 4.90 Å². The average molecular weight is 476 g/mol. The predicted molar refractivity (Wildman–Crippen MR) is 119 cm³/mol. The molecule has 1 aliphatic rings. The molecule has 8 nitrogen and oxygen atoms in total. The van der Waals surface area contributed by atoms with Crippen LogP contribution in [0.4, 0.5) is 4.39 Å². The second-order valence-electron chi connectivity index (χ2n) is 7.67. The number of nitrogens with one attached hydrogen (secondary N) is 1. The topological polar surface area (TPSA) is 104 Å². The monoisotopic (exact) mass is 475 g/mol. The van der Waals surface area contributed by atoms with Crippen LogP contribution in [0.3, 0.4) is 0 Å². The first-order valence-electron chi connectivity index (χ1n) is 10.7. The first kappa shape index (κ1) is 24.4. The lowest BCUT2D eigenvalue weighted by Crippen LogP contribution is -2.57. The highest BCUT2D eigenvalue weighted by atomic mass is 32.2. The Morgan fingerprint density at radius 2 is 1.52 bits per heavy atom. The zero-order valence-corrected chi connectivity index (χ0v) is 19.1. The van der Waals surface area contributed by atoms with Crippen LogP contribution < -0.4 is 5.32 Å². The van der Waals surface area contributed by atoms with Crippen molar-refractivity contribution in [2.24, 2.45) is 0 Å². The van der Waals surface area contributed by atoms with Crippen molar-refractivity contribution in [1.29, 1.82) is 0 Å². The van der Waals surface area contributed by atoms with Gasteiger partial charge in [-0.1, -0.05) is 25.1 Å². The smallest absolute Gasteiger partial charge is 0.261 e. The van der Waals surface area contributed by atoms with Crippen LogP contribution in [0.15, 0.2) is 59.5 Å². The minimum atomic E-state index is -4.28. The van der Waals surface area contributed by atoms with Crippen molar-refractivity contribution in [3.05, 3.63) is 66.0 Å². The van der Waals surface area contributed by atoms with E-state index in [1.807, 2.05) is 6.92 Å². The molecular weight excluding hydrogens is 449 g/mol. The molecular formula is C23H26FN3O5S. The molecule has 1 N–H and O–H groups in total. The molecule has 1 fully saturated rings. The Bertz CT molecular complexity index is 1100. The third-order valence-corrected chi connectivity index (χ3v) is 7.25. The summed E-state index contributed by atoms with van der Waals surface area (Å²) in [5.74, 6) is -2.16. The highest BCUT2D eigenvalue weighted by Crippen LogP contribution is 2.18. The van der Waals surface area contributed by atoms with Crippen molar-refractivity contribution in [3.8, 4) is 0 Å². The van der Waals surface area contributed by atoms with Crippen LogP contribution in [0.5, 0.6) is 0 Å². The second kappa shape index (κ2) is 10.6. The van der Waals surface area contributed by atoms with E-state index in [2.05, 4.69) is 5.32 Å². The summed E-state index contributed by atoms with van der Waals surface area (Å²) in [5, 5.41) is 0.456. The molecule has 1 saturated heterocycles. The summed E-state index contributed by atoms with van der Waals surface area (Å²) in [6, 6.07) is 11.9. The van der Waals surface area contributed by atoms with Crippen molar-refractivity contribution >= 4 is 27.6 Å². The molecule has 0 saturated carbocycles. The van der Waals surface area contributed by atoms with Crippen LogP contribution in [0.1, 0.15) is 30.1 Å². The van der Waals surface area contributed by atoms with Gasteiger partial charge in [-0.15, -0.1) is 0 Å². The molecule has 0 bridgehead atoms. The first-order chi connectivity index (χ1) is 15.7. The lowest BCUT2D eigenvalue weighted by Gasteiger charge is -2.36. The van der Waals surface area contributed by atoms with Gasteiger partial charge in [0.2, 0.25) is 21.1 Å².